The average molecular weight is 270 g/mol. The van der Waals surface area contributed by atoms with Gasteiger partial charge in [-0.05, 0) is 42.0 Å². The third kappa shape index (κ3) is 3.60. The van der Waals surface area contributed by atoms with Crippen molar-refractivity contribution in [1.82, 2.24) is 0 Å². The fourth-order valence-corrected chi connectivity index (χ4v) is 1.87. The van der Waals surface area contributed by atoms with Crippen molar-refractivity contribution in [1.29, 1.82) is 0 Å². The molecule has 0 unspecified atom stereocenters. The molecule has 0 fully saturated rings. The van der Waals surface area contributed by atoms with Gasteiger partial charge in [0.15, 0.2) is 5.78 Å². The van der Waals surface area contributed by atoms with E-state index >= 15 is 0 Å². The Bertz CT molecular complexity index is 573. The first-order valence-electron chi connectivity index (χ1n) is 6.62. The van der Waals surface area contributed by atoms with Gasteiger partial charge in [-0.25, -0.2) is 0 Å². The SMILES string of the molecule is CCC(=O)c1ccc(OCc2cccc(OC)c2)cc1. The van der Waals surface area contributed by atoms with Crippen LogP contribution in [-0.4, -0.2) is 12.9 Å². The number of carbonyl (C=O) groups excluding carboxylic acids is 1. The van der Waals surface area contributed by atoms with Gasteiger partial charge in [-0.2, -0.15) is 0 Å². The molecule has 0 bridgehead atoms. The summed E-state index contributed by atoms with van der Waals surface area (Å²) < 4.78 is 10.9. The lowest BCUT2D eigenvalue weighted by atomic mass is 10.1. The van der Waals surface area contributed by atoms with Crippen LogP contribution < -0.4 is 9.47 Å². The number of rotatable bonds is 6. The van der Waals surface area contributed by atoms with Crippen LogP contribution in [0.5, 0.6) is 11.5 Å². The van der Waals surface area contributed by atoms with Crippen LogP contribution in [0, 0.1) is 0 Å². The molecular formula is C17H18O3. The molecule has 0 heterocycles. The molecule has 0 aliphatic carbocycles. The molecule has 0 saturated carbocycles. The van der Waals surface area contributed by atoms with Crippen LogP contribution in [-0.2, 0) is 6.61 Å². The number of benzene rings is 2. The van der Waals surface area contributed by atoms with Gasteiger partial charge in [-0.1, -0.05) is 19.1 Å². The van der Waals surface area contributed by atoms with Crippen molar-refractivity contribution in [2.24, 2.45) is 0 Å². The van der Waals surface area contributed by atoms with Crippen molar-refractivity contribution < 1.29 is 14.3 Å². The summed E-state index contributed by atoms with van der Waals surface area (Å²) >= 11 is 0. The summed E-state index contributed by atoms with van der Waals surface area (Å²) in [6.07, 6.45) is 0.518. The Morgan fingerprint density at radius 3 is 2.45 bits per heavy atom. The zero-order valence-corrected chi connectivity index (χ0v) is 11.8. The second kappa shape index (κ2) is 6.75. The third-order valence-corrected chi connectivity index (χ3v) is 3.04. The molecule has 104 valence electrons. The molecule has 0 aromatic heterocycles. The van der Waals surface area contributed by atoms with Crippen LogP contribution in [0.3, 0.4) is 0 Å². The smallest absolute Gasteiger partial charge is 0.162 e. The molecule has 0 atom stereocenters. The van der Waals surface area contributed by atoms with Crippen LogP contribution in [0.25, 0.3) is 0 Å². The highest BCUT2D eigenvalue weighted by Gasteiger charge is 2.03. The van der Waals surface area contributed by atoms with Gasteiger partial charge >= 0.3 is 0 Å². The number of ketones is 1. The van der Waals surface area contributed by atoms with E-state index in [0.717, 1.165) is 22.6 Å². The minimum absolute atomic E-state index is 0.143. The van der Waals surface area contributed by atoms with Gasteiger partial charge in [-0.3, -0.25) is 4.79 Å². The quantitative estimate of drug-likeness (QED) is 0.747. The molecule has 3 heteroatoms. The zero-order chi connectivity index (χ0) is 14.4. The summed E-state index contributed by atoms with van der Waals surface area (Å²) in [5, 5.41) is 0. The van der Waals surface area contributed by atoms with Gasteiger partial charge in [0, 0.05) is 12.0 Å². The number of carbonyl (C=O) groups is 1. The van der Waals surface area contributed by atoms with E-state index in [1.807, 2.05) is 43.3 Å². The Balaban J connectivity index is 1.98. The lowest BCUT2D eigenvalue weighted by Crippen LogP contribution is -1.98. The summed E-state index contributed by atoms with van der Waals surface area (Å²) in [6, 6.07) is 15.0. The van der Waals surface area contributed by atoms with Gasteiger partial charge < -0.3 is 9.47 Å². The van der Waals surface area contributed by atoms with E-state index in [9.17, 15) is 4.79 Å². The number of Topliss-reactive ketones (excluding diaryl/α,β-unsaturated/α-hetero) is 1. The maximum atomic E-state index is 11.5. The number of hydrogen-bond donors (Lipinski definition) is 0. The number of methoxy groups -OCH3 is 1. The molecule has 0 N–H and O–H groups in total. The van der Waals surface area contributed by atoms with Crippen molar-refractivity contribution in [2.75, 3.05) is 7.11 Å². The van der Waals surface area contributed by atoms with Crippen LogP contribution in [0.2, 0.25) is 0 Å². The second-order valence-electron chi connectivity index (χ2n) is 4.44. The maximum Gasteiger partial charge on any atom is 0.162 e. The summed E-state index contributed by atoms with van der Waals surface area (Å²) in [4.78, 5) is 11.5. The molecule has 0 amide bonds. The Morgan fingerprint density at radius 1 is 1.05 bits per heavy atom. The second-order valence-corrected chi connectivity index (χ2v) is 4.44. The highest BCUT2D eigenvalue weighted by atomic mass is 16.5. The standard InChI is InChI=1S/C17H18O3/c1-3-17(18)14-7-9-15(10-8-14)20-12-13-5-4-6-16(11-13)19-2/h4-11H,3,12H2,1-2H3. The largest absolute Gasteiger partial charge is 0.497 e. The normalized spacial score (nSPS) is 10.1. The lowest BCUT2D eigenvalue weighted by Gasteiger charge is -2.08. The van der Waals surface area contributed by atoms with Gasteiger partial charge in [0.05, 0.1) is 7.11 Å². The minimum atomic E-state index is 0.143. The van der Waals surface area contributed by atoms with Gasteiger partial charge in [0.2, 0.25) is 0 Å². The Morgan fingerprint density at radius 2 is 1.80 bits per heavy atom. The first kappa shape index (κ1) is 14.1. The van der Waals surface area contributed by atoms with Crippen molar-refractivity contribution in [3.8, 4) is 11.5 Å². The van der Waals surface area contributed by atoms with Crippen LogP contribution >= 0.6 is 0 Å². The summed E-state index contributed by atoms with van der Waals surface area (Å²) in [5.41, 5.74) is 1.76. The molecule has 0 aliphatic rings. The average Bonchev–Trinajstić information content (AvgIpc) is 2.53. The fraction of sp³-hybridized carbons (Fsp3) is 0.235. The summed E-state index contributed by atoms with van der Waals surface area (Å²) in [6.45, 7) is 2.33. The van der Waals surface area contributed by atoms with Crippen molar-refractivity contribution in [2.45, 2.75) is 20.0 Å². The van der Waals surface area contributed by atoms with E-state index < -0.39 is 0 Å². The summed E-state index contributed by atoms with van der Waals surface area (Å²) in [5.74, 6) is 1.71. The van der Waals surface area contributed by atoms with E-state index in [1.54, 1.807) is 19.2 Å². The Hall–Kier alpha value is -2.29. The highest BCUT2D eigenvalue weighted by molar-refractivity contribution is 5.95. The monoisotopic (exact) mass is 270 g/mol. The molecule has 0 saturated heterocycles. The lowest BCUT2D eigenvalue weighted by molar-refractivity contribution is 0.0988. The van der Waals surface area contributed by atoms with Crippen molar-refractivity contribution in [3.63, 3.8) is 0 Å². The van der Waals surface area contributed by atoms with Gasteiger partial charge in [0.25, 0.3) is 0 Å². The van der Waals surface area contributed by atoms with E-state index in [4.69, 9.17) is 9.47 Å². The molecule has 0 aliphatic heterocycles. The van der Waals surface area contributed by atoms with Crippen LogP contribution in [0.4, 0.5) is 0 Å². The van der Waals surface area contributed by atoms with Crippen molar-refractivity contribution >= 4 is 5.78 Å². The predicted octanol–water partition coefficient (Wildman–Crippen LogP) is 3.87. The first-order valence-corrected chi connectivity index (χ1v) is 6.62. The minimum Gasteiger partial charge on any atom is -0.497 e. The molecule has 2 rings (SSSR count). The third-order valence-electron chi connectivity index (χ3n) is 3.04. The van der Waals surface area contributed by atoms with Crippen LogP contribution in [0.15, 0.2) is 48.5 Å². The molecule has 2 aromatic carbocycles. The predicted molar refractivity (Wildman–Crippen MR) is 78.4 cm³/mol. The molecule has 3 nitrogen and oxygen atoms in total. The topological polar surface area (TPSA) is 35.5 Å². The van der Waals surface area contributed by atoms with E-state index in [-0.39, 0.29) is 5.78 Å². The number of ether oxygens (including phenoxy) is 2. The molecule has 0 radical (unpaired) electrons. The highest BCUT2D eigenvalue weighted by Crippen LogP contribution is 2.17. The molecule has 0 spiro atoms. The Kier molecular flexibility index (Phi) is 4.77. The van der Waals surface area contributed by atoms with E-state index in [0.29, 0.717) is 13.0 Å². The molecule has 2 aromatic rings. The van der Waals surface area contributed by atoms with Gasteiger partial charge in [-0.15, -0.1) is 0 Å². The maximum absolute atomic E-state index is 11.5. The van der Waals surface area contributed by atoms with E-state index in [1.165, 1.54) is 0 Å². The molecule has 20 heavy (non-hydrogen) atoms. The zero-order valence-electron chi connectivity index (χ0n) is 11.8. The van der Waals surface area contributed by atoms with E-state index in [2.05, 4.69) is 0 Å². The summed E-state index contributed by atoms with van der Waals surface area (Å²) in [7, 11) is 1.64. The number of hydrogen-bond acceptors (Lipinski definition) is 3. The van der Waals surface area contributed by atoms with Gasteiger partial charge in [0.1, 0.15) is 18.1 Å². The van der Waals surface area contributed by atoms with Crippen molar-refractivity contribution in [3.05, 3.63) is 59.7 Å². The van der Waals surface area contributed by atoms with Crippen LogP contribution in [0.1, 0.15) is 29.3 Å². The molecular weight excluding hydrogens is 252 g/mol. The Labute approximate surface area is 119 Å². The first-order chi connectivity index (χ1) is 9.72. The fourth-order valence-electron chi connectivity index (χ4n) is 1.87.